The second kappa shape index (κ2) is 4.68. The van der Waals surface area contributed by atoms with Crippen molar-refractivity contribution in [3.63, 3.8) is 0 Å². The molecule has 0 atom stereocenters. The van der Waals surface area contributed by atoms with E-state index in [0.29, 0.717) is 0 Å². The van der Waals surface area contributed by atoms with E-state index in [0.717, 1.165) is 5.69 Å². The van der Waals surface area contributed by atoms with E-state index < -0.39 is 0 Å². The molecule has 0 aliphatic carbocycles. The summed E-state index contributed by atoms with van der Waals surface area (Å²) in [6.45, 7) is 0. The maximum Gasteiger partial charge on any atom is 0.0822 e. The van der Waals surface area contributed by atoms with E-state index in [1.54, 1.807) is 0 Å². The third-order valence-electron chi connectivity index (χ3n) is 4.42. The Morgan fingerprint density at radius 2 is 1.43 bits per heavy atom. The zero-order valence-electron chi connectivity index (χ0n) is 12.5. The Kier molecular flexibility index (Phi) is 2.53. The Hall–Kier alpha value is -3.13. The molecule has 0 amide bonds. The van der Waals surface area contributed by atoms with Crippen LogP contribution in [-0.4, -0.2) is 4.98 Å². The fourth-order valence-corrected chi connectivity index (χ4v) is 3.46. The zero-order chi connectivity index (χ0) is 15.2. The number of nitrogens with zero attached hydrogens (tertiary/aromatic N) is 2. The monoisotopic (exact) mass is 294 g/mol. The first-order valence-electron chi connectivity index (χ1n) is 7.76. The zero-order valence-corrected chi connectivity index (χ0v) is 12.5. The summed E-state index contributed by atoms with van der Waals surface area (Å²) in [4.78, 5) is 7.01. The van der Waals surface area contributed by atoms with Crippen molar-refractivity contribution in [1.82, 2.24) is 4.98 Å². The molecule has 0 saturated carbocycles. The van der Waals surface area contributed by atoms with Gasteiger partial charge >= 0.3 is 0 Å². The summed E-state index contributed by atoms with van der Waals surface area (Å²) in [5.74, 6) is 0. The Labute approximate surface area is 134 Å². The predicted molar refractivity (Wildman–Crippen MR) is 95.4 cm³/mol. The minimum absolute atomic E-state index is 1.07. The van der Waals surface area contributed by atoms with Gasteiger partial charge in [-0.05, 0) is 35.7 Å². The molecule has 0 unspecified atom stereocenters. The first kappa shape index (κ1) is 12.4. The highest BCUT2D eigenvalue weighted by Crippen LogP contribution is 2.49. The number of pyridine rings is 1. The van der Waals surface area contributed by atoms with Gasteiger partial charge in [0.05, 0.1) is 17.1 Å². The lowest BCUT2D eigenvalue weighted by atomic mass is 9.95. The number of anilines is 3. The highest BCUT2D eigenvalue weighted by Gasteiger charge is 2.25. The minimum atomic E-state index is 1.07. The maximum absolute atomic E-state index is 4.68. The topological polar surface area (TPSA) is 16.1 Å². The van der Waals surface area contributed by atoms with Gasteiger partial charge in [-0.1, -0.05) is 48.5 Å². The van der Waals surface area contributed by atoms with Gasteiger partial charge in [0.1, 0.15) is 0 Å². The van der Waals surface area contributed by atoms with Crippen molar-refractivity contribution in [3.05, 3.63) is 85.1 Å². The van der Waals surface area contributed by atoms with Crippen LogP contribution in [0.25, 0.3) is 22.0 Å². The Morgan fingerprint density at radius 1 is 0.652 bits per heavy atom. The average Bonchev–Trinajstić information content (AvgIpc) is 2.63. The van der Waals surface area contributed by atoms with Gasteiger partial charge in [-0.25, -0.2) is 0 Å². The fourth-order valence-electron chi connectivity index (χ4n) is 3.46. The van der Waals surface area contributed by atoms with E-state index in [1.807, 2.05) is 6.20 Å². The van der Waals surface area contributed by atoms with Crippen LogP contribution in [0.4, 0.5) is 17.1 Å². The minimum Gasteiger partial charge on any atom is -0.309 e. The molecule has 1 aromatic heterocycles. The lowest BCUT2D eigenvalue weighted by Gasteiger charge is -2.32. The van der Waals surface area contributed by atoms with Gasteiger partial charge in [-0.2, -0.15) is 0 Å². The summed E-state index contributed by atoms with van der Waals surface area (Å²) in [6.07, 6.45) is 1.90. The summed E-state index contributed by atoms with van der Waals surface area (Å²) < 4.78 is 0. The summed E-state index contributed by atoms with van der Waals surface area (Å²) in [5.41, 5.74) is 5.79. The highest BCUT2D eigenvalue weighted by molar-refractivity contribution is 6.12. The molecule has 2 heteroatoms. The third kappa shape index (κ3) is 1.72. The van der Waals surface area contributed by atoms with Gasteiger partial charge in [0, 0.05) is 22.8 Å². The molecule has 5 rings (SSSR count). The van der Waals surface area contributed by atoms with Crippen LogP contribution in [0.5, 0.6) is 0 Å². The maximum atomic E-state index is 4.68. The molecule has 2 heterocycles. The van der Waals surface area contributed by atoms with Crippen molar-refractivity contribution in [2.45, 2.75) is 0 Å². The first-order chi connectivity index (χ1) is 11.4. The van der Waals surface area contributed by atoms with Gasteiger partial charge < -0.3 is 4.90 Å². The van der Waals surface area contributed by atoms with Crippen LogP contribution in [0.15, 0.2) is 85.1 Å². The normalized spacial score (nSPS) is 12.3. The molecular weight excluding hydrogens is 280 g/mol. The van der Waals surface area contributed by atoms with E-state index in [4.69, 9.17) is 0 Å². The number of aromatic nitrogens is 1. The molecule has 23 heavy (non-hydrogen) atoms. The second-order valence-electron chi connectivity index (χ2n) is 5.72. The number of para-hydroxylation sites is 2. The SMILES string of the molecule is c1ccc(N2c3ccccc3-c3nccc4cccc2c34)cc1. The van der Waals surface area contributed by atoms with Crippen molar-refractivity contribution >= 4 is 27.8 Å². The predicted octanol–water partition coefficient (Wildman–Crippen LogP) is 5.69. The van der Waals surface area contributed by atoms with Gasteiger partial charge in [-0.15, -0.1) is 0 Å². The van der Waals surface area contributed by atoms with E-state index in [-0.39, 0.29) is 0 Å². The average molecular weight is 294 g/mol. The van der Waals surface area contributed by atoms with E-state index in [9.17, 15) is 0 Å². The number of hydrogen-bond donors (Lipinski definition) is 0. The summed E-state index contributed by atoms with van der Waals surface area (Å²) in [7, 11) is 0. The Bertz CT molecular complexity index is 1020. The summed E-state index contributed by atoms with van der Waals surface area (Å²) in [6, 6.07) is 27.5. The second-order valence-corrected chi connectivity index (χ2v) is 5.72. The van der Waals surface area contributed by atoms with Crippen molar-refractivity contribution in [1.29, 1.82) is 0 Å². The molecule has 3 aromatic carbocycles. The van der Waals surface area contributed by atoms with Gasteiger partial charge in [0.2, 0.25) is 0 Å². The number of benzene rings is 3. The number of hydrogen-bond acceptors (Lipinski definition) is 2. The van der Waals surface area contributed by atoms with Crippen LogP contribution in [0.2, 0.25) is 0 Å². The van der Waals surface area contributed by atoms with Crippen LogP contribution < -0.4 is 4.90 Å². The van der Waals surface area contributed by atoms with Crippen LogP contribution >= 0.6 is 0 Å². The lowest BCUT2D eigenvalue weighted by Crippen LogP contribution is -2.15. The van der Waals surface area contributed by atoms with E-state index in [2.05, 4.69) is 88.7 Å². The largest absolute Gasteiger partial charge is 0.309 e. The van der Waals surface area contributed by atoms with Crippen molar-refractivity contribution < 1.29 is 0 Å². The summed E-state index contributed by atoms with van der Waals surface area (Å²) in [5, 5.41) is 2.44. The van der Waals surface area contributed by atoms with E-state index >= 15 is 0 Å². The van der Waals surface area contributed by atoms with Crippen LogP contribution in [0, 0.1) is 0 Å². The van der Waals surface area contributed by atoms with Gasteiger partial charge in [0.25, 0.3) is 0 Å². The third-order valence-corrected chi connectivity index (χ3v) is 4.42. The molecule has 0 spiro atoms. The fraction of sp³-hybridized carbons (Fsp3) is 0. The number of fused-ring (bicyclic) bond motifs is 2. The molecule has 0 fully saturated rings. The van der Waals surface area contributed by atoms with Crippen molar-refractivity contribution in [3.8, 4) is 11.3 Å². The lowest BCUT2D eigenvalue weighted by molar-refractivity contribution is 1.25. The molecular formula is C21H14N2. The molecule has 1 aliphatic rings. The molecule has 1 aliphatic heterocycles. The van der Waals surface area contributed by atoms with E-state index in [1.165, 1.54) is 33.4 Å². The van der Waals surface area contributed by atoms with Gasteiger partial charge in [-0.3, -0.25) is 4.98 Å². The molecule has 0 N–H and O–H groups in total. The summed E-state index contributed by atoms with van der Waals surface area (Å²) >= 11 is 0. The van der Waals surface area contributed by atoms with Crippen molar-refractivity contribution in [2.24, 2.45) is 0 Å². The van der Waals surface area contributed by atoms with Crippen molar-refractivity contribution in [2.75, 3.05) is 4.90 Å². The standard InChI is InChI=1S/C21H14N2/c1-2-8-16(9-3-1)23-18-11-5-4-10-17(18)21-20-15(13-14-22-21)7-6-12-19(20)23/h1-14H. The molecule has 0 saturated heterocycles. The van der Waals surface area contributed by atoms with Crippen LogP contribution in [0.3, 0.4) is 0 Å². The van der Waals surface area contributed by atoms with Gasteiger partial charge in [0.15, 0.2) is 0 Å². The highest BCUT2D eigenvalue weighted by atomic mass is 15.2. The molecule has 0 bridgehead atoms. The molecule has 4 aromatic rings. The number of rotatable bonds is 1. The Morgan fingerprint density at radius 3 is 2.35 bits per heavy atom. The molecule has 108 valence electrons. The molecule has 2 nitrogen and oxygen atoms in total. The quantitative estimate of drug-likeness (QED) is 0.395. The first-order valence-corrected chi connectivity index (χ1v) is 7.76. The molecule has 0 radical (unpaired) electrons. The Balaban J connectivity index is 1.95. The van der Waals surface area contributed by atoms with Crippen LogP contribution in [-0.2, 0) is 0 Å². The van der Waals surface area contributed by atoms with Crippen LogP contribution in [0.1, 0.15) is 0 Å². The smallest absolute Gasteiger partial charge is 0.0822 e.